The Labute approximate surface area is 121 Å². The lowest BCUT2D eigenvalue weighted by molar-refractivity contribution is 0.628. The molecule has 0 bridgehead atoms. The average Bonchev–Trinajstić information content (AvgIpc) is 3.27. The lowest BCUT2D eigenvalue weighted by Gasteiger charge is -2.10. The molecule has 0 aliphatic heterocycles. The van der Waals surface area contributed by atoms with Gasteiger partial charge in [0.25, 0.3) is 0 Å². The average molecular weight is 293 g/mol. The van der Waals surface area contributed by atoms with Crippen LogP contribution >= 0.6 is 11.6 Å². The minimum Gasteiger partial charge on any atom is -0.357 e. The van der Waals surface area contributed by atoms with Crippen LogP contribution in [0.1, 0.15) is 24.5 Å². The van der Waals surface area contributed by atoms with E-state index in [-0.39, 0.29) is 5.02 Å². The quantitative estimate of drug-likeness (QED) is 0.896. The maximum atomic E-state index is 13.1. The molecule has 1 heterocycles. The summed E-state index contributed by atoms with van der Waals surface area (Å²) >= 11 is 5.77. The highest BCUT2D eigenvalue weighted by atomic mass is 35.5. The van der Waals surface area contributed by atoms with Gasteiger partial charge in [0.15, 0.2) is 0 Å². The van der Waals surface area contributed by atoms with Crippen molar-refractivity contribution in [3.05, 3.63) is 40.8 Å². The van der Waals surface area contributed by atoms with E-state index >= 15 is 0 Å². The third kappa shape index (κ3) is 2.82. The van der Waals surface area contributed by atoms with E-state index in [0.29, 0.717) is 23.4 Å². The van der Waals surface area contributed by atoms with Crippen LogP contribution in [0.25, 0.3) is 0 Å². The van der Waals surface area contributed by atoms with Gasteiger partial charge in [-0.3, -0.25) is 0 Å². The zero-order valence-electron chi connectivity index (χ0n) is 11.0. The van der Waals surface area contributed by atoms with E-state index in [1.165, 1.54) is 25.0 Å². The molecule has 1 aromatic carbocycles. The predicted molar refractivity (Wildman–Crippen MR) is 78.2 cm³/mol. The van der Waals surface area contributed by atoms with Gasteiger partial charge in [-0.15, -0.1) is 0 Å². The SMILES string of the molecule is CNc1nc(Nc2ccc(F)c(Cl)c2)cc(C2CC2)n1. The number of hydrogen-bond acceptors (Lipinski definition) is 4. The summed E-state index contributed by atoms with van der Waals surface area (Å²) in [5, 5.41) is 6.16. The summed E-state index contributed by atoms with van der Waals surface area (Å²) in [7, 11) is 1.78. The van der Waals surface area contributed by atoms with Crippen LogP contribution in [0.3, 0.4) is 0 Å². The maximum absolute atomic E-state index is 13.1. The van der Waals surface area contributed by atoms with E-state index in [1.807, 2.05) is 6.07 Å². The minimum atomic E-state index is -0.436. The molecule has 0 atom stereocenters. The highest BCUT2D eigenvalue weighted by Gasteiger charge is 2.26. The Balaban J connectivity index is 1.88. The van der Waals surface area contributed by atoms with Gasteiger partial charge in [0.1, 0.15) is 11.6 Å². The molecule has 1 saturated carbocycles. The van der Waals surface area contributed by atoms with Gasteiger partial charge in [0.2, 0.25) is 5.95 Å². The first kappa shape index (κ1) is 13.1. The lowest BCUT2D eigenvalue weighted by atomic mass is 10.2. The number of nitrogens with one attached hydrogen (secondary N) is 2. The number of anilines is 3. The molecule has 0 radical (unpaired) electrons. The number of halogens is 2. The first-order valence-corrected chi connectivity index (χ1v) is 6.82. The fourth-order valence-corrected chi connectivity index (χ4v) is 2.13. The van der Waals surface area contributed by atoms with Crippen LogP contribution in [-0.4, -0.2) is 17.0 Å². The Bertz CT molecular complexity index is 643. The fraction of sp³-hybridized carbons (Fsp3) is 0.286. The van der Waals surface area contributed by atoms with Crippen LogP contribution in [0.2, 0.25) is 5.02 Å². The van der Waals surface area contributed by atoms with Crippen molar-refractivity contribution < 1.29 is 4.39 Å². The molecular formula is C14H14ClFN4. The second kappa shape index (κ2) is 5.25. The second-order valence-corrected chi connectivity index (χ2v) is 5.19. The normalized spacial score (nSPS) is 14.2. The van der Waals surface area contributed by atoms with Crippen molar-refractivity contribution in [2.24, 2.45) is 0 Å². The van der Waals surface area contributed by atoms with Gasteiger partial charge in [-0.2, -0.15) is 4.98 Å². The van der Waals surface area contributed by atoms with Crippen LogP contribution < -0.4 is 10.6 Å². The predicted octanol–water partition coefficient (Wildman–Crippen LogP) is 3.93. The van der Waals surface area contributed by atoms with Crippen molar-refractivity contribution in [3.8, 4) is 0 Å². The molecule has 4 nitrogen and oxygen atoms in total. The van der Waals surface area contributed by atoms with Crippen LogP contribution in [0.4, 0.5) is 21.8 Å². The third-order valence-corrected chi connectivity index (χ3v) is 3.45. The number of hydrogen-bond donors (Lipinski definition) is 2. The molecule has 1 aliphatic rings. The van der Waals surface area contributed by atoms with Crippen LogP contribution in [0.15, 0.2) is 24.3 Å². The number of aromatic nitrogens is 2. The monoisotopic (exact) mass is 292 g/mol. The molecule has 20 heavy (non-hydrogen) atoms. The molecule has 2 N–H and O–H groups in total. The third-order valence-electron chi connectivity index (χ3n) is 3.16. The van der Waals surface area contributed by atoms with E-state index in [4.69, 9.17) is 11.6 Å². The summed E-state index contributed by atoms with van der Waals surface area (Å²) in [6.07, 6.45) is 2.34. The molecular weight excluding hydrogens is 279 g/mol. The maximum Gasteiger partial charge on any atom is 0.224 e. The van der Waals surface area contributed by atoms with Crippen LogP contribution in [-0.2, 0) is 0 Å². The summed E-state index contributed by atoms with van der Waals surface area (Å²) in [5.41, 5.74) is 1.72. The number of benzene rings is 1. The van der Waals surface area contributed by atoms with Gasteiger partial charge in [-0.25, -0.2) is 9.37 Å². The summed E-state index contributed by atoms with van der Waals surface area (Å²) in [5.74, 6) is 1.34. The molecule has 0 spiro atoms. The topological polar surface area (TPSA) is 49.8 Å². The van der Waals surface area contributed by atoms with Crippen LogP contribution in [0.5, 0.6) is 0 Å². The molecule has 2 aromatic rings. The Morgan fingerprint density at radius 1 is 1.25 bits per heavy atom. The first-order valence-electron chi connectivity index (χ1n) is 6.44. The molecule has 3 rings (SSSR count). The smallest absolute Gasteiger partial charge is 0.224 e. The van der Waals surface area contributed by atoms with E-state index in [0.717, 1.165) is 5.69 Å². The molecule has 104 valence electrons. The van der Waals surface area contributed by atoms with Crippen molar-refractivity contribution in [3.63, 3.8) is 0 Å². The van der Waals surface area contributed by atoms with E-state index in [2.05, 4.69) is 20.6 Å². The van der Waals surface area contributed by atoms with Gasteiger partial charge >= 0.3 is 0 Å². The molecule has 1 aliphatic carbocycles. The summed E-state index contributed by atoms with van der Waals surface area (Å²) in [4.78, 5) is 8.78. The minimum absolute atomic E-state index is 0.0836. The van der Waals surface area contributed by atoms with Crippen molar-refractivity contribution in [2.45, 2.75) is 18.8 Å². The zero-order chi connectivity index (χ0) is 14.1. The van der Waals surface area contributed by atoms with Crippen molar-refractivity contribution in [1.82, 2.24) is 9.97 Å². The van der Waals surface area contributed by atoms with Gasteiger partial charge < -0.3 is 10.6 Å². The van der Waals surface area contributed by atoms with E-state index in [9.17, 15) is 4.39 Å². The zero-order valence-corrected chi connectivity index (χ0v) is 11.7. The van der Waals surface area contributed by atoms with E-state index < -0.39 is 5.82 Å². The molecule has 1 aromatic heterocycles. The molecule has 0 amide bonds. The Hall–Kier alpha value is -1.88. The number of rotatable bonds is 4. The van der Waals surface area contributed by atoms with Crippen LogP contribution in [0, 0.1) is 5.82 Å². The Kier molecular flexibility index (Phi) is 3.44. The van der Waals surface area contributed by atoms with Gasteiger partial charge in [0, 0.05) is 24.7 Å². The van der Waals surface area contributed by atoms with Gasteiger partial charge in [-0.1, -0.05) is 11.6 Å². The van der Waals surface area contributed by atoms with Gasteiger partial charge in [0.05, 0.1) is 10.7 Å². The molecule has 0 unspecified atom stereocenters. The highest BCUT2D eigenvalue weighted by molar-refractivity contribution is 6.31. The summed E-state index contributed by atoms with van der Waals surface area (Å²) in [6.45, 7) is 0. The second-order valence-electron chi connectivity index (χ2n) is 4.78. The first-order chi connectivity index (χ1) is 9.65. The largest absolute Gasteiger partial charge is 0.357 e. The van der Waals surface area contributed by atoms with Crippen molar-refractivity contribution >= 4 is 29.1 Å². The summed E-state index contributed by atoms with van der Waals surface area (Å²) in [6, 6.07) is 6.41. The molecule has 1 fully saturated rings. The fourth-order valence-electron chi connectivity index (χ4n) is 1.95. The Morgan fingerprint density at radius 2 is 2.05 bits per heavy atom. The molecule has 0 saturated heterocycles. The number of nitrogens with zero attached hydrogens (tertiary/aromatic N) is 2. The van der Waals surface area contributed by atoms with Crippen molar-refractivity contribution in [2.75, 3.05) is 17.7 Å². The summed E-state index contributed by atoms with van der Waals surface area (Å²) < 4.78 is 13.1. The highest BCUT2D eigenvalue weighted by Crippen LogP contribution is 2.40. The lowest BCUT2D eigenvalue weighted by Crippen LogP contribution is -2.03. The van der Waals surface area contributed by atoms with Crippen molar-refractivity contribution in [1.29, 1.82) is 0 Å². The standard InChI is InChI=1S/C14H14ClFN4/c1-17-14-19-12(8-2-3-8)7-13(20-14)18-9-4-5-11(16)10(15)6-9/h4-8H,2-3H2,1H3,(H2,17,18,19,20). The molecule has 6 heteroatoms. The Morgan fingerprint density at radius 3 is 2.70 bits per heavy atom. The van der Waals surface area contributed by atoms with Gasteiger partial charge in [-0.05, 0) is 31.0 Å². The van der Waals surface area contributed by atoms with E-state index in [1.54, 1.807) is 13.1 Å².